The van der Waals surface area contributed by atoms with Crippen LogP contribution in [0.1, 0.15) is 38.5 Å². The minimum atomic E-state index is 0. The minimum absolute atomic E-state index is 0. The van der Waals surface area contributed by atoms with Gasteiger partial charge in [0, 0.05) is 0 Å². The van der Waals surface area contributed by atoms with E-state index in [2.05, 4.69) is 0 Å². The third kappa shape index (κ3) is 1.11. The Morgan fingerprint density at radius 2 is 0.636 bits per heavy atom. The second kappa shape index (κ2) is 2.50. The molecule has 0 aromatic rings. The Labute approximate surface area is 70.4 Å². The first-order chi connectivity index (χ1) is 4.90. The highest BCUT2D eigenvalue weighted by Crippen LogP contribution is 2.53. The van der Waals surface area contributed by atoms with E-state index in [1.165, 1.54) is 23.7 Å². The standard InChI is InChI=1S/C10H16.CH/c1-7-2-9-4-8(1)5-10(3-7)6-9;/h7-10H,1-6H2;1H. The first-order valence-corrected chi connectivity index (χ1v) is 4.90. The molecule has 4 fully saturated rings. The van der Waals surface area contributed by atoms with Crippen molar-refractivity contribution in [3.8, 4) is 0 Å². The molecule has 4 bridgehead atoms. The van der Waals surface area contributed by atoms with Gasteiger partial charge in [-0.05, 0) is 69.6 Å². The van der Waals surface area contributed by atoms with Gasteiger partial charge >= 0.3 is 0 Å². The maximum atomic E-state index is 1.60. The molecule has 4 aliphatic rings. The van der Waals surface area contributed by atoms with Crippen molar-refractivity contribution in [1.29, 1.82) is 0 Å². The zero-order valence-corrected chi connectivity index (χ0v) is 7.13. The van der Waals surface area contributed by atoms with Crippen LogP contribution >= 0.6 is 0 Å². The van der Waals surface area contributed by atoms with Gasteiger partial charge in [-0.15, -0.1) is 0 Å². The maximum absolute atomic E-state index is 1.60. The van der Waals surface area contributed by atoms with Crippen LogP contribution in [0.25, 0.3) is 0 Å². The van der Waals surface area contributed by atoms with E-state index in [9.17, 15) is 0 Å². The summed E-state index contributed by atoms with van der Waals surface area (Å²) in [7, 11) is 0. The fraction of sp³-hybridized carbons (Fsp3) is 0.909. The molecular weight excluding hydrogens is 132 g/mol. The van der Waals surface area contributed by atoms with Gasteiger partial charge in [0.25, 0.3) is 0 Å². The van der Waals surface area contributed by atoms with Crippen LogP contribution in [0.3, 0.4) is 0 Å². The molecule has 0 heterocycles. The Bertz CT molecular complexity index is 91.6. The highest BCUT2D eigenvalue weighted by Gasteiger charge is 2.41. The van der Waals surface area contributed by atoms with Gasteiger partial charge in [-0.25, -0.2) is 0 Å². The zero-order chi connectivity index (χ0) is 6.55. The molecule has 0 spiro atoms. The molecule has 4 saturated carbocycles. The molecule has 11 heavy (non-hydrogen) atoms. The van der Waals surface area contributed by atoms with E-state index in [0.717, 1.165) is 0 Å². The number of hydrogen-bond acceptors (Lipinski definition) is 0. The van der Waals surface area contributed by atoms with E-state index in [-0.39, 0.29) is 7.43 Å². The molecule has 0 heteroatoms. The molecule has 61 valence electrons. The zero-order valence-electron chi connectivity index (χ0n) is 7.13. The third-order valence-electron chi connectivity index (χ3n) is 4.00. The van der Waals surface area contributed by atoms with Crippen LogP contribution in [0.15, 0.2) is 0 Å². The van der Waals surface area contributed by atoms with Crippen molar-refractivity contribution in [2.45, 2.75) is 38.5 Å². The first kappa shape index (κ1) is 7.64. The average molecular weight is 149 g/mol. The molecule has 0 saturated heterocycles. The Kier molecular flexibility index (Phi) is 1.74. The van der Waals surface area contributed by atoms with Gasteiger partial charge in [0.1, 0.15) is 0 Å². The largest absolute Gasteiger partial charge is 0.0475 e. The molecule has 4 aliphatic carbocycles. The van der Waals surface area contributed by atoms with Crippen molar-refractivity contribution in [3.63, 3.8) is 0 Å². The highest BCUT2D eigenvalue weighted by atomic mass is 14.5. The van der Waals surface area contributed by atoms with Gasteiger partial charge in [0.05, 0.1) is 0 Å². The van der Waals surface area contributed by atoms with Gasteiger partial charge in [-0.3, -0.25) is 0 Å². The summed E-state index contributed by atoms with van der Waals surface area (Å²) < 4.78 is 0. The fourth-order valence-corrected chi connectivity index (χ4v) is 3.98. The summed E-state index contributed by atoms with van der Waals surface area (Å²) in [5, 5.41) is 0. The van der Waals surface area contributed by atoms with E-state index in [0.29, 0.717) is 0 Å². The fourth-order valence-electron chi connectivity index (χ4n) is 3.98. The number of hydrogen-bond donors (Lipinski definition) is 0. The predicted molar refractivity (Wildman–Crippen MR) is 46.0 cm³/mol. The molecule has 4 rings (SSSR count). The van der Waals surface area contributed by atoms with Gasteiger partial charge in [-0.1, -0.05) is 0 Å². The lowest BCUT2D eigenvalue weighted by atomic mass is 9.56. The Balaban J connectivity index is 0.000000480. The molecule has 0 aromatic carbocycles. The van der Waals surface area contributed by atoms with Crippen LogP contribution in [-0.2, 0) is 0 Å². The third-order valence-corrected chi connectivity index (χ3v) is 4.00. The van der Waals surface area contributed by atoms with Crippen LogP contribution < -0.4 is 0 Å². The summed E-state index contributed by atoms with van der Waals surface area (Å²) in [6, 6.07) is 0. The van der Waals surface area contributed by atoms with Crippen molar-refractivity contribution in [2.24, 2.45) is 23.7 Å². The highest BCUT2D eigenvalue weighted by molar-refractivity contribution is 4.92. The molecule has 0 nitrogen and oxygen atoms in total. The van der Waals surface area contributed by atoms with Crippen molar-refractivity contribution in [2.75, 3.05) is 0 Å². The second-order valence-electron chi connectivity index (χ2n) is 4.88. The SMILES string of the molecule is C1C2CC3CC1CC(C2)C3.[CH]. The Hall–Kier alpha value is 0. The van der Waals surface area contributed by atoms with Crippen molar-refractivity contribution < 1.29 is 0 Å². The second-order valence-corrected chi connectivity index (χ2v) is 4.88. The topological polar surface area (TPSA) is 0 Å². The van der Waals surface area contributed by atoms with Gasteiger partial charge in [0.15, 0.2) is 0 Å². The lowest BCUT2D eigenvalue weighted by molar-refractivity contribution is 0.0198. The first-order valence-electron chi connectivity index (χ1n) is 4.90. The molecule has 0 aromatic heterocycles. The van der Waals surface area contributed by atoms with Gasteiger partial charge in [-0.2, -0.15) is 0 Å². The van der Waals surface area contributed by atoms with Crippen LogP contribution in [0, 0.1) is 31.1 Å². The lowest BCUT2D eigenvalue weighted by Crippen LogP contribution is -2.38. The van der Waals surface area contributed by atoms with E-state index >= 15 is 0 Å². The van der Waals surface area contributed by atoms with Crippen LogP contribution in [0.4, 0.5) is 0 Å². The normalized spacial score (nSPS) is 52.4. The molecule has 0 unspecified atom stereocenters. The summed E-state index contributed by atoms with van der Waals surface area (Å²) in [5.74, 6) is 4.71. The monoisotopic (exact) mass is 149 g/mol. The van der Waals surface area contributed by atoms with Crippen molar-refractivity contribution in [3.05, 3.63) is 7.43 Å². The summed E-state index contributed by atoms with van der Waals surface area (Å²) in [5.41, 5.74) is 0. The van der Waals surface area contributed by atoms with Crippen LogP contribution in [-0.4, -0.2) is 0 Å². The number of rotatable bonds is 0. The van der Waals surface area contributed by atoms with E-state index < -0.39 is 0 Å². The Morgan fingerprint density at radius 1 is 0.455 bits per heavy atom. The summed E-state index contributed by atoms with van der Waals surface area (Å²) in [4.78, 5) is 0. The average Bonchev–Trinajstić information content (AvgIpc) is 1.82. The summed E-state index contributed by atoms with van der Waals surface area (Å²) >= 11 is 0. The quantitative estimate of drug-likeness (QED) is 0.496. The van der Waals surface area contributed by atoms with Crippen molar-refractivity contribution >= 4 is 0 Å². The smallest absolute Gasteiger partial charge is 0.0312 e. The molecule has 3 radical (unpaired) electrons. The Morgan fingerprint density at radius 3 is 0.818 bits per heavy atom. The van der Waals surface area contributed by atoms with E-state index in [1.54, 1.807) is 38.5 Å². The molecule has 0 amide bonds. The van der Waals surface area contributed by atoms with Gasteiger partial charge < -0.3 is 0 Å². The minimum Gasteiger partial charge on any atom is -0.0475 e. The molecule has 0 atom stereocenters. The van der Waals surface area contributed by atoms with Crippen LogP contribution in [0.2, 0.25) is 0 Å². The molecule has 0 N–H and O–H groups in total. The van der Waals surface area contributed by atoms with E-state index in [4.69, 9.17) is 0 Å². The van der Waals surface area contributed by atoms with E-state index in [1.807, 2.05) is 0 Å². The van der Waals surface area contributed by atoms with Gasteiger partial charge in [0.2, 0.25) is 0 Å². The summed E-state index contributed by atoms with van der Waals surface area (Å²) in [6.45, 7) is 0. The molecule has 0 aliphatic heterocycles. The summed E-state index contributed by atoms with van der Waals surface area (Å²) in [6.07, 6.45) is 9.62. The van der Waals surface area contributed by atoms with Crippen LogP contribution in [0.5, 0.6) is 0 Å². The maximum Gasteiger partial charge on any atom is -0.0312 e. The lowest BCUT2D eigenvalue weighted by Gasteiger charge is -2.49. The van der Waals surface area contributed by atoms with Crippen molar-refractivity contribution in [1.82, 2.24) is 0 Å². The molecular formula is C11H17. The predicted octanol–water partition coefficient (Wildman–Crippen LogP) is 3.04.